The number of benzene rings is 1. The van der Waals surface area contributed by atoms with E-state index in [0.29, 0.717) is 6.04 Å². The van der Waals surface area contributed by atoms with Gasteiger partial charge in [-0.1, -0.05) is 46.4 Å². The third-order valence-electron chi connectivity index (χ3n) is 4.12. The van der Waals surface area contributed by atoms with Crippen molar-refractivity contribution < 1.29 is 0 Å². The molecule has 0 aliphatic carbocycles. The van der Waals surface area contributed by atoms with Crippen molar-refractivity contribution >= 4 is 27.5 Å². The summed E-state index contributed by atoms with van der Waals surface area (Å²) in [5.41, 5.74) is 1.20. The zero-order chi connectivity index (χ0) is 14.4. The number of halogens is 2. The maximum atomic E-state index is 6.37. The quantitative estimate of drug-likeness (QED) is 0.824. The molecule has 0 saturated carbocycles. The van der Waals surface area contributed by atoms with Gasteiger partial charge in [-0.15, -0.1) is 0 Å². The highest BCUT2D eigenvalue weighted by Gasteiger charge is 2.15. The van der Waals surface area contributed by atoms with Crippen LogP contribution in [0.4, 0.5) is 0 Å². The Bertz CT molecular complexity index is 417. The lowest BCUT2D eigenvalue weighted by Crippen LogP contribution is -2.29. The van der Waals surface area contributed by atoms with E-state index in [2.05, 4.69) is 38.3 Å². The summed E-state index contributed by atoms with van der Waals surface area (Å²) in [5.74, 6) is 0. The molecule has 0 radical (unpaired) electrons. The normalized spacial score (nSPS) is 18.8. The van der Waals surface area contributed by atoms with E-state index in [1.165, 1.54) is 44.3 Å². The first-order valence-electron chi connectivity index (χ1n) is 7.55. The summed E-state index contributed by atoms with van der Waals surface area (Å²) in [4.78, 5) is 2.60. The number of nitrogens with one attached hydrogen (secondary N) is 1. The fourth-order valence-corrected chi connectivity index (χ4v) is 3.72. The molecule has 1 aromatic rings. The van der Waals surface area contributed by atoms with Gasteiger partial charge in [-0.25, -0.2) is 0 Å². The molecule has 1 N–H and O–H groups in total. The van der Waals surface area contributed by atoms with Crippen LogP contribution >= 0.6 is 27.5 Å². The Morgan fingerprint density at radius 1 is 1.25 bits per heavy atom. The van der Waals surface area contributed by atoms with Crippen LogP contribution in [0.25, 0.3) is 0 Å². The van der Waals surface area contributed by atoms with Crippen LogP contribution in [-0.2, 0) is 0 Å². The van der Waals surface area contributed by atoms with Crippen LogP contribution in [0.3, 0.4) is 0 Å². The van der Waals surface area contributed by atoms with Crippen molar-refractivity contribution in [2.24, 2.45) is 0 Å². The molecule has 1 heterocycles. The number of hydrogen-bond acceptors (Lipinski definition) is 2. The Morgan fingerprint density at radius 3 is 2.55 bits per heavy atom. The summed E-state index contributed by atoms with van der Waals surface area (Å²) < 4.78 is 1.04. The van der Waals surface area contributed by atoms with Crippen LogP contribution in [0.15, 0.2) is 22.7 Å². The van der Waals surface area contributed by atoms with Crippen LogP contribution < -0.4 is 5.32 Å². The molecule has 20 heavy (non-hydrogen) atoms. The lowest BCUT2D eigenvalue weighted by Gasteiger charge is -2.24. The molecular weight excluding hydrogens is 336 g/mol. The molecule has 2 rings (SSSR count). The van der Waals surface area contributed by atoms with Crippen LogP contribution in [0, 0.1) is 0 Å². The van der Waals surface area contributed by atoms with Crippen LogP contribution in [0.5, 0.6) is 0 Å². The van der Waals surface area contributed by atoms with Gasteiger partial charge in [0.1, 0.15) is 0 Å². The molecule has 1 aliphatic rings. The van der Waals surface area contributed by atoms with Crippen LogP contribution in [0.2, 0.25) is 5.02 Å². The average molecular weight is 360 g/mol. The zero-order valence-corrected chi connectivity index (χ0v) is 14.5. The Hall–Kier alpha value is -0.0900. The number of rotatable bonds is 5. The molecular formula is C16H24BrClN2. The second-order valence-corrected chi connectivity index (χ2v) is 6.87. The van der Waals surface area contributed by atoms with Crippen molar-refractivity contribution in [1.29, 1.82) is 0 Å². The average Bonchev–Trinajstić information content (AvgIpc) is 2.70. The van der Waals surface area contributed by atoms with Gasteiger partial charge in [-0.2, -0.15) is 0 Å². The van der Waals surface area contributed by atoms with Gasteiger partial charge >= 0.3 is 0 Å². The number of nitrogens with zero attached hydrogens (tertiary/aromatic N) is 1. The number of likely N-dealkylation sites (tertiary alicyclic amines) is 1. The van der Waals surface area contributed by atoms with Gasteiger partial charge in [0.25, 0.3) is 0 Å². The highest BCUT2D eigenvalue weighted by molar-refractivity contribution is 9.10. The molecule has 1 atom stereocenters. The van der Waals surface area contributed by atoms with Gasteiger partial charge in [-0.3, -0.25) is 0 Å². The van der Waals surface area contributed by atoms with Crippen molar-refractivity contribution in [3.05, 3.63) is 33.3 Å². The maximum Gasteiger partial charge on any atom is 0.0465 e. The van der Waals surface area contributed by atoms with Crippen molar-refractivity contribution in [3.8, 4) is 0 Å². The van der Waals surface area contributed by atoms with Crippen LogP contribution in [0.1, 0.15) is 43.7 Å². The molecule has 1 aliphatic heterocycles. The molecule has 1 saturated heterocycles. The maximum absolute atomic E-state index is 6.37. The molecule has 1 unspecified atom stereocenters. The third kappa shape index (κ3) is 4.73. The minimum Gasteiger partial charge on any atom is -0.313 e. The first-order valence-corrected chi connectivity index (χ1v) is 8.72. The van der Waals surface area contributed by atoms with Crippen molar-refractivity contribution in [1.82, 2.24) is 10.2 Å². The first kappa shape index (κ1) is 16.3. The van der Waals surface area contributed by atoms with Gasteiger partial charge in [0.05, 0.1) is 0 Å². The minimum atomic E-state index is 0.332. The minimum absolute atomic E-state index is 0.332. The van der Waals surface area contributed by atoms with Gasteiger partial charge < -0.3 is 10.2 Å². The molecule has 0 spiro atoms. The van der Waals surface area contributed by atoms with Gasteiger partial charge in [0, 0.05) is 15.5 Å². The Labute approximate surface area is 136 Å². The van der Waals surface area contributed by atoms with Crippen molar-refractivity contribution in [3.63, 3.8) is 0 Å². The third-order valence-corrected chi connectivity index (χ3v) is 4.94. The molecule has 0 bridgehead atoms. The smallest absolute Gasteiger partial charge is 0.0465 e. The summed E-state index contributed by atoms with van der Waals surface area (Å²) in [7, 11) is 2.02. The zero-order valence-electron chi connectivity index (χ0n) is 12.2. The fraction of sp³-hybridized carbons (Fsp3) is 0.625. The van der Waals surface area contributed by atoms with Crippen molar-refractivity contribution in [2.75, 3.05) is 26.7 Å². The topological polar surface area (TPSA) is 15.3 Å². The predicted octanol–water partition coefficient (Wildman–Crippen LogP) is 4.63. The van der Waals surface area contributed by atoms with E-state index < -0.39 is 0 Å². The lowest BCUT2D eigenvalue weighted by atomic mass is 10.0. The van der Waals surface area contributed by atoms with E-state index in [1.807, 2.05) is 13.1 Å². The second kappa shape index (κ2) is 8.38. The van der Waals surface area contributed by atoms with E-state index in [0.717, 1.165) is 22.5 Å². The summed E-state index contributed by atoms with van der Waals surface area (Å²) >= 11 is 9.83. The summed E-state index contributed by atoms with van der Waals surface area (Å²) in [6, 6.07) is 6.50. The van der Waals surface area contributed by atoms with Crippen LogP contribution in [-0.4, -0.2) is 31.6 Å². The molecule has 0 aromatic heterocycles. The van der Waals surface area contributed by atoms with E-state index in [4.69, 9.17) is 11.6 Å². The lowest BCUT2D eigenvalue weighted by molar-refractivity contribution is 0.268. The summed E-state index contributed by atoms with van der Waals surface area (Å²) in [6.07, 6.45) is 6.60. The number of hydrogen-bond donors (Lipinski definition) is 1. The van der Waals surface area contributed by atoms with E-state index in [9.17, 15) is 0 Å². The standard InChI is InChI=1S/C16H24BrClN2/c1-19-16(14-7-6-13(17)12-15(14)18)8-11-20-9-4-2-3-5-10-20/h6-7,12,16,19H,2-5,8-11H2,1H3. The first-order chi connectivity index (χ1) is 9.70. The fourth-order valence-electron chi connectivity index (χ4n) is 2.91. The predicted molar refractivity (Wildman–Crippen MR) is 90.5 cm³/mol. The van der Waals surface area contributed by atoms with Crippen molar-refractivity contribution in [2.45, 2.75) is 38.1 Å². The summed E-state index contributed by atoms with van der Waals surface area (Å²) in [5, 5.41) is 4.25. The molecule has 1 fully saturated rings. The second-order valence-electron chi connectivity index (χ2n) is 5.55. The highest BCUT2D eigenvalue weighted by Crippen LogP contribution is 2.28. The molecule has 0 amide bonds. The SMILES string of the molecule is CNC(CCN1CCCCCC1)c1ccc(Br)cc1Cl. The van der Waals surface area contributed by atoms with Gasteiger partial charge in [-0.05, 0) is 63.6 Å². The largest absolute Gasteiger partial charge is 0.313 e. The van der Waals surface area contributed by atoms with Gasteiger partial charge in [0.15, 0.2) is 0 Å². The van der Waals surface area contributed by atoms with Gasteiger partial charge in [0.2, 0.25) is 0 Å². The summed E-state index contributed by atoms with van der Waals surface area (Å²) in [6.45, 7) is 3.66. The van der Waals surface area contributed by atoms with E-state index in [-0.39, 0.29) is 0 Å². The Balaban J connectivity index is 1.94. The van der Waals surface area contributed by atoms with E-state index >= 15 is 0 Å². The molecule has 2 nitrogen and oxygen atoms in total. The molecule has 112 valence electrons. The monoisotopic (exact) mass is 358 g/mol. The molecule has 4 heteroatoms. The Morgan fingerprint density at radius 2 is 1.95 bits per heavy atom. The van der Waals surface area contributed by atoms with E-state index in [1.54, 1.807) is 0 Å². The molecule has 1 aromatic carbocycles. The Kier molecular flexibility index (Phi) is 6.82. The highest BCUT2D eigenvalue weighted by atomic mass is 79.9.